The Morgan fingerprint density at radius 2 is 2.22 bits per heavy atom. The minimum atomic E-state index is -0.179. The molecule has 0 N–H and O–H groups in total. The highest BCUT2D eigenvalue weighted by Crippen LogP contribution is 2.18. The molecule has 1 aromatic heterocycles. The monoisotopic (exact) mass is 337 g/mol. The van der Waals surface area contributed by atoms with E-state index in [4.69, 9.17) is 9.72 Å². The van der Waals surface area contributed by atoms with Crippen LogP contribution in [-0.4, -0.2) is 59.6 Å². The summed E-state index contributed by atoms with van der Waals surface area (Å²) in [7, 11) is 0. The number of unbranched alkanes of at least 4 members (excludes halogenated alkanes) is 1. The van der Waals surface area contributed by atoms with Crippen molar-refractivity contribution < 1.29 is 9.53 Å². The average Bonchev–Trinajstić information content (AvgIpc) is 3.25. The van der Waals surface area contributed by atoms with Crippen molar-refractivity contribution in [1.82, 2.24) is 14.8 Å². The van der Waals surface area contributed by atoms with Crippen LogP contribution in [-0.2, 0) is 22.5 Å². The molecule has 0 saturated carbocycles. The topological polar surface area (TPSA) is 45.7 Å². The zero-order valence-corrected chi connectivity index (χ0v) is 14.8. The van der Waals surface area contributed by atoms with Gasteiger partial charge in [-0.3, -0.25) is 9.69 Å². The second kappa shape index (κ2) is 8.22. The van der Waals surface area contributed by atoms with E-state index in [1.54, 1.807) is 11.3 Å². The van der Waals surface area contributed by atoms with Crippen LogP contribution in [0.1, 0.15) is 43.3 Å². The number of hydrogen-bond donors (Lipinski definition) is 0. The van der Waals surface area contributed by atoms with E-state index in [-0.39, 0.29) is 12.0 Å². The van der Waals surface area contributed by atoms with E-state index in [0.717, 1.165) is 58.6 Å². The molecule has 23 heavy (non-hydrogen) atoms. The van der Waals surface area contributed by atoms with Crippen LogP contribution < -0.4 is 0 Å². The van der Waals surface area contributed by atoms with Crippen LogP contribution in [0.15, 0.2) is 5.38 Å². The van der Waals surface area contributed by atoms with Gasteiger partial charge in [-0.25, -0.2) is 4.98 Å². The third kappa shape index (κ3) is 4.52. The van der Waals surface area contributed by atoms with Gasteiger partial charge < -0.3 is 9.64 Å². The lowest BCUT2D eigenvalue weighted by atomic mass is 10.2. The Labute approximate surface area is 142 Å². The Morgan fingerprint density at radius 1 is 1.39 bits per heavy atom. The molecule has 0 radical (unpaired) electrons. The number of hydrogen-bond acceptors (Lipinski definition) is 5. The first kappa shape index (κ1) is 16.9. The Morgan fingerprint density at radius 3 is 2.91 bits per heavy atom. The van der Waals surface area contributed by atoms with Crippen molar-refractivity contribution in [3.8, 4) is 0 Å². The maximum absolute atomic E-state index is 12.3. The SMILES string of the molecule is CCCCc1nc(CN2CCN(C(=O)[C@@H]3CCCO3)CC2)cs1. The van der Waals surface area contributed by atoms with Crippen LogP contribution in [0.25, 0.3) is 0 Å². The molecule has 0 bridgehead atoms. The number of rotatable bonds is 6. The molecule has 2 saturated heterocycles. The fraction of sp³-hybridized carbons (Fsp3) is 0.765. The number of amides is 1. The summed E-state index contributed by atoms with van der Waals surface area (Å²) in [6.45, 7) is 7.34. The number of thiazole rings is 1. The van der Waals surface area contributed by atoms with Gasteiger partial charge in [0.05, 0.1) is 10.7 Å². The van der Waals surface area contributed by atoms with E-state index in [0.29, 0.717) is 0 Å². The molecule has 1 amide bonds. The van der Waals surface area contributed by atoms with Gasteiger partial charge >= 0.3 is 0 Å². The summed E-state index contributed by atoms with van der Waals surface area (Å²) in [5.41, 5.74) is 1.18. The Bertz CT molecular complexity index is 506. The number of aryl methyl sites for hydroxylation is 1. The van der Waals surface area contributed by atoms with Crippen molar-refractivity contribution in [2.75, 3.05) is 32.8 Å². The molecule has 128 valence electrons. The number of piperazine rings is 1. The van der Waals surface area contributed by atoms with Gasteiger partial charge in [0, 0.05) is 44.7 Å². The van der Waals surface area contributed by atoms with Crippen molar-refractivity contribution in [3.05, 3.63) is 16.1 Å². The van der Waals surface area contributed by atoms with Crippen LogP contribution in [0, 0.1) is 0 Å². The van der Waals surface area contributed by atoms with Crippen molar-refractivity contribution in [2.45, 2.75) is 51.7 Å². The van der Waals surface area contributed by atoms with Gasteiger partial charge in [0.25, 0.3) is 5.91 Å². The molecule has 0 aliphatic carbocycles. The predicted molar refractivity (Wildman–Crippen MR) is 91.6 cm³/mol. The highest BCUT2D eigenvalue weighted by Gasteiger charge is 2.30. The predicted octanol–water partition coefficient (Wildman–Crippen LogP) is 2.31. The summed E-state index contributed by atoms with van der Waals surface area (Å²) in [4.78, 5) is 21.4. The van der Waals surface area contributed by atoms with Gasteiger partial charge in [0.2, 0.25) is 0 Å². The van der Waals surface area contributed by atoms with E-state index in [2.05, 4.69) is 17.2 Å². The Hall–Kier alpha value is -0.980. The minimum absolute atomic E-state index is 0.179. The first-order valence-corrected chi connectivity index (χ1v) is 9.70. The van der Waals surface area contributed by atoms with Gasteiger partial charge in [-0.2, -0.15) is 0 Å². The van der Waals surface area contributed by atoms with Gasteiger partial charge in [0.15, 0.2) is 0 Å². The van der Waals surface area contributed by atoms with Crippen molar-refractivity contribution in [1.29, 1.82) is 0 Å². The second-order valence-corrected chi connectivity index (χ2v) is 7.38. The number of ether oxygens (including phenoxy) is 1. The summed E-state index contributed by atoms with van der Waals surface area (Å²) < 4.78 is 5.51. The Balaban J connectivity index is 1.43. The lowest BCUT2D eigenvalue weighted by Gasteiger charge is -2.35. The fourth-order valence-electron chi connectivity index (χ4n) is 3.20. The normalized spacial score (nSPS) is 22.7. The maximum atomic E-state index is 12.3. The number of carbonyl (C=O) groups is 1. The standard InChI is InChI=1S/C17H27N3O2S/c1-2-3-6-16-18-14(13-23-16)12-19-7-9-20(10-8-19)17(21)15-5-4-11-22-15/h13,15H,2-12H2,1H3/t15-/m0/s1. The van der Waals surface area contributed by atoms with Gasteiger partial charge in [-0.15, -0.1) is 11.3 Å². The maximum Gasteiger partial charge on any atom is 0.251 e. The molecule has 0 spiro atoms. The molecule has 2 aliphatic heterocycles. The molecule has 0 aromatic carbocycles. The van der Waals surface area contributed by atoms with Gasteiger partial charge in [0.1, 0.15) is 6.10 Å². The van der Waals surface area contributed by atoms with Crippen molar-refractivity contribution in [2.24, 2.45) is 0 Å². The first-order chi connectivity index (χ1) is 11.3. The first-order valence-electron chi connectivity index (χ1n) is 8.82. The molecule has 1 atom stereocenters. The molecule has 5 nitrogen and oxygen atoms in total. The van der Waals surface area contributed by atoms with Crippen molar-refractivity contribution >= 4 is 17.2 Å². The average molecular weight is 337 g/mol. The fourth-order valence-corrected chi connectivity index (χ4v) is 4.03. The molecular weight excluding hydrogens is 310 g/mol. The molecule has 2 fully saturated rings. The van der Waals surface area contributed by atoms with E-state index >= 15 is 0 Å². The Kier molecular flexibility index (Phi) is 6.02. The third-order valence-corrected chi connectivity index (χ3v) is 5.58. The number of aromatic nitrogens is 1. The molecule has 3 rings (SSSR count). The molecule has 3 heterocycles. The highest BCUT2D eigenvalue weighted by atomic mass is 32.1. The molecule has 2 aliphatic rings. The van der Waals surface area contributed by atoms with Gasteiger partial charge in [-0.05, 0) is 25.7 Å². The van der Waals surface area contributed by atoms with Crippen LogP contribution in [0.3, 0.4) is 0 Å². The molecule has 6 heteroatoms. The number of carbonyl (C=O) groups excluding carboxylic acids is 1. The lowest BCUT2D eigenvalue weighted by Crippen LogP contribution is -2.51. The zero-order chi connectivity index (χ0) is 16.1. The van der Waals surface area contributed by atoms with E-state index in [1.165, 1.54) is 23.5 Å². The summed E-state index contributed by atoms with van der Waals surface area (Å²) in [5.74, 6) is 0.192. The van der Waals surface area contributed by atoms with Crippen LogP contribution in [0.2, 0.25) is 0 Å². The molecular formula is C17H27N3O2S. The van der Waals surface area contributed by atoms with E-state index in [1.807, 2.05) is 4.90 Å². The zero-order valence-electron chi connectivity index (χ0n) is 14.0. The lowest BCUT2D eigenvalue weighted by molar-refractivity contribution is -0.142. The summed E-state index contributed by atoms with van der Waals surface area (Å²) in [6.07, 6.45) is 5.26. The van der Waals surface area contributed by atoms with E-state index in [9.17, 15) is 4.79 Å². The largest absolute Gasteiger partial charge is 0.368 e. The van der Waals surface area contributed by atoms with Crippen molar-refractivity contribution in [3.63, 3.8) is 0 Å². The molecule has 0 unspecified atom stereocenters. The van der Waals surface area contributed by atoms with Crippen LogP contribution >= 0.6 is 11.3 Å². The summed E-state index contributed by atoms with van der Waals surface area (Å²) in [5, 5.41) is 3.45. The van der Waals surface area contributed by atoms with Crippen LogP contribution in [0.5, 0.6) is 0 Å². The van der Waals surface area contributed by atoms with Crippen LogP contribution in [0.4, 0.5) is 0 Å². The highest BCUT2D eigenvalue weighted by molar-refractivity contribution is 7.09. The second-order valence-electron chi connectivity index (χ2n) is 6.44. The van der Waals surface area contributed by atoms with E-state index < -0.39 is 0 Å². The third-order valence-electron chi connectivity index (χ3n) is 4.62. The summed E-state index contributed by atoms with van der Waals surface area (Å²) in [6, 6.07) is 0. The minimum Gasteiger partial charge on any atom is -0.368 e. The van der Waals surface area contributed by atoms with Gasteiger partial charge in [-0.1, -0.05) is 13.3 Å². The smallest absolute Gasteiger partial charge is 0.251 e. The number of nitrogens with zero attached hydrogens (tertiary/aromatic N) is 3. The quantitative estimate of drug-likeness (QED) is 0.799. The summed E-state index contributed by atoms with van der Waals surface area (Å²) >= 11 is 1.78. The molecule has 1 aromatic rings.